The molecule has 0 bridgehead atoms. The lowest BCUT2D eigenvalue weighted by atomic mass is 10.2. The molecule has 0 saturated carbocycles. The summed E-state index contributed by atoms with van der Waals surface area (Å²) in [5.41, 5.74) is 2.18. The zero-order valence-corrected chi connectivity index (χ0v) is 17.3. The third-order valence-electron chi connectivity index (χ3n) is 3.95. The van der Waals surface area contributed by atoms with Gasteiger partial charge in [0.2, 0.25) is 9.84 Å². The number of hydrogen-bond acceptors (Lipinski definition) is 5. The molecule has 140 valence electrons. The Morgan fingerprint density at radius 1 is 1.11 bits per heavy atom. The summed E-state index contributed by atoms with van der Waals surface area (Å²) in [6.45, 7) is 5.39. The van der Waals surface area contributed by atoms with Crippen LogP contribution >= 0.6 is 22.9 Å². The van der Waals surface area contributed by atoms with E-state index in [2.05, 4.69) is 10.3 Å². The Morgan fingerprint density at radius 3 is 2.41 bits per heavy atom. The number of hydrogen-bond donors (Lipinski definition) is 1. The number of sulfone groups is 1. The summed E-state index contributed by atoms with van der Waals surface area (Å²) < 4.78 is 25.7. The van der Waals surface area contributed by atoms with E-state index < -0.39 is 9.84 Å². The summed E-state index contributed by atoms with van der Waals surface area (Å²) >= 11 is 6.92. The van der Waals surface area contributed by atoms with Gasteiger partial charge in [-0.25, -0.2) is 13.4 Å². The molecule has 2 heterocycles. The van der Waals surface area contributed by atoms with E-state index in [4.69, 9.17) is 11.6 Å². The predicted octanol–water partition coefficient (Wildman–Crippen LogP) is 4.81. The average Bonchev–Trinajstić information content (AvgIpc) is 2.96. The minimum atomic E-state index is -3.73. The summed E-state index contributed by atoms with van der Waals surface area (Å²) in [6.07, 6.45) is 0. The Bertz CT molecular complexity index is 1100. The largest absolute Gasteiger partial charge is 0.306 e. The fourth-order valence-electron chi connectivity index (χ4n) is 2.71. The van der Waals surface area contributed by atoms with Gasteiger partial charge in [0.05, 0.1) is 14.7 Å². The molecule has 0 aliphatic heterocycles. The predicted molar refractivity (Wildman–Crippen MR) is 108 cm³/mol. The van der Waals surface area contributed by atoms with Gasteiger partial charge < -0.3 is 5.32 Å². The lowest BCUT2D eigenvalue weighted by Crippen LogP contribution is -2.13. The lowest BCUT2D eigenvalue weighted by molar-refractivity contribution is 0.102. The van der Waals surface area contributed by atoms with E-state index in [-0.39, 0.29) is 15.7 Å². The molecule has 0 saturated heterocycles. The molecule has 0 aliphatic carbocycles. The van der Waals surface area contributed by atoms with Crippen molar-refractivity contribution in [3.8, 4) is 0 Å². The number of pyridine rings is 1. The van der Waals surface area contributed by atoms with Crippen molar-refractivity contribution in [3.63, 3.8) is 0 Å². The second kappa shape index (κ2) is 7.42. The van der Waals surface area contributed by atoms with Crippen molar-refractivity contribution in [3.05, 3.63) is 68.5 Å². The summed E-state index contributed by atoms with van der Waals surface area (Å²) in [4.78, 5) is 17.5. The molecule has 1 N–H and O–H groups in total. The monoisotopic (exact) mass is 420 g/mol. The highest BCUT2D eigenvalue weighted by atomic mass is 35.5. The van der Waals surface area contributed by atoms with Gasteiger partial charge in [0.15, 0.2) is 0 Å². The van der Waals surface area contributed by atoms with Crippen LogP contribution in [0.5, 0.6) is 0 Å². The molecule has 0 atom stereocenters. The Labute approximate surface area is 167 Å². The number of carbonyl (C=O) groups excluding carboxylic acids is 1. The molecular formula is C19H17ClN2O3S2. The fraction of sp³-hybridized carbons (Fsp3) is 0.158. The fourth-order valence-corrected chi connectivity index (χ4v) is 5.65. The number of nitrogens with one attached hydrogen (secondary N) is 1. The summed E-state index contributed by atoms with van der Waals surface area (Å²) in [5.74, 6) is 0.0555. The normalized spacial score (nSPS) is 11.4. The molecule has 8 heteroatoms. The van der Waals surface area contributed by atoms with Gasteiger partial charge in [-0.05, 0) is 68.3 Å². The van der Waals surface area contributed by atoms with Gasteiger partial charge in [-0.15, -0.1) is 11.3 Å². The van der Waals surface area contributed by atoms with Gasteiger partial charge in [0, 0.05) is 16.1 Å². The van der Waals surface area contributed by atoms with Crippen molar-refractivity contribution in [1.82, 2.24) is 4.98 Å². The highest BCUT2D eigenvalue weighted by molar-refractivity contribution is 7.91. The van der Waals surface area contributed by atoms with E-state index in [0.717, 1.165) is 22.6 Å². The van der Waals surface area contributed by atoms with E-state index in [1.165, 1.54) is 29.6 Å². The quantitative estimate of drug-likeness (QED) is 0.657. The molecule has 0 aliphatic rings. The number of anilines is 1. The average molecular weight is 421 g/mol. The standard InChI is InChI=1S/C19H17ClN2O3S2/c1-11-8-12(2)21-17(9-11)22-19(23)18-13(3)16(10-26-18)27(24,25)15-6-4-14(20)5-7-15/h4-10H,1-3H3,(H,21,22,23). The maximum atomic E-state index is 12.9. The summed E-state index contributed by atoms with van der Waals surface area (Å²) in [6, 6.07) is 9.62. The molecule has 1 amide bonds. The lowest BCUT2D eigenvalue weighted by Gasteiger charge is -2.07. The number of aromatic nitrogens is 1. The minimum Gasteiger partial charge on any atom is -0.306 e. The van der Waals surface area contributed by atoms with Crippen molar-refractivity contribution in [1.29, 1.82) is 0 Å². The highest BCUT2D eigenvalue weighted by Gasteiger charge is 2.25. The van der Waals surface area contributed by atoms with Crippen LogP contribution in [0.4, 0.5) is 5.82 Å². The van der Waals surface area contributed by atoms with E-state index in [1.807, 2.05) is 19.9 Å². The first kappa shape index (κ1) is 19.5. The van der Waals surface area contributed by atoms with Crippen LogP contribution in [0, 0.1) is 20.8 Å². The topological polar surface area (TPSA) is 76.1 Å². The second-order valence-electron chi connectivity index (χ2n) is 6.14. The van der Waals surface area contributed by atoms with Crippen LogP contribution in [0.1, 0.15) is 26.5 Å². The number of halogens is 1. The Hall–Kier alpha value is -2.22. The smallest absolute Gasteiger partial charge is 0.267 e. The SMILES string of the molecule is Cc1cc(C)nc(NC(=O)c2scc(S(=O)(=O)c3ccc(Cl)cc3)c2C)c1. The number of nitrogens with zero attached hydrogens (tertiary/aromatic N) is 1. The zero-order chi connectivity index (χ0) is 19.8. The second-order valence-corrected chi connectivity index (χ2v) is 9.37. The first-order valence-electron chi connectivity index (χ1n) is 8.04. The Kier molecular flexibility index (Phi) is 5.37. The van der Waals surface area contributed by atoms with Crippen molar-refractivity contribution < 1.29 is 13.2 Å². The number of aryl methyl sites for hydroxylation is 2. The van der Waals surface area contributed by atoms with Crippen molar-refractivity contribution in [2.45, 2.75) is 30.6 Å². The van der Waals surface area contributed by atoms with Gasteiger partial charge in [-0.3, -0.25) is 4.79 Å². The molecule has 5 nitrogen and oxygen atoms in total. The molecular weight excluding hydrogens is 404 g/mol. The van der Waals surface area contributed by atoms with E-state index in [0.29, 0.717) is 21.3 Å². The van der Waals surface area contributed by atoms with Gasteiger partial charge in [-0.2, -0.15) is 0 Å². The number of thiophene rings is 1. The van der Waals surface area contributed by atoms with Gasteiger partial charge in [0.25, 0.3) is 5.91 Å². The first-order chi connectivity index (χ1) is 12.7. The molecule has 1 aromatic carbocycles. The van der Waals surface area contributed by atoms with Crippen LogP contribution in [-0.2, 0) is 9.84 Å². The van der Waals surface area contributed by atoms with Crippen LogP contribution in [-0.4, -0.2) is 19.3 Å². The maximum absolute atomic E-state index is 12.9. The summed E-state index contributed by atoms with van der Waals surface area (Å²) in [5, 5.41) is 4.69. The zero-order valence-electron chi connectivity index (χ0n) is 14.9. The number of amides is 1. The molecule has 3 rings (SSSR count). The number of rotatable bonds is 4. The van der Waals surface area contributed by atoms with Crippen LogP contribution in [0.25, 0.3) is 0 Å². The van der Waals surface area contributed by atoms with Crippen LogP contribution in [0.15, 0.2) is 51.6 Å². The van der Waals surface area contributed by atoms with Crippen molar-refractivity contribution in [2.75, 3.05) is 5.32 Å². The van der Waals surface area contributed by atoms with Gasteiger partial charge >= 0.3 is 0 Å². The van der Waals surface area contributed by atoms with Gasteiger partial charge in [0.1, 0.15) is 5.82 Å². The van der Waals surface area contributed by atoms with Gasteiger partial charge in [-0.1, -0.05) is 11.6 Å². The Morgan fingerprint density at radius 2 is 1.78 bits per heavy atom. The Balaban J connectivity index is 1.92. The molecule has 27 heavy (non-hydrogen) atoms. The third kappa shape index (κ3) is 4.05. The molecule has 0 fully saturated rings. The van der Waals surface area contributed by atoms with Crippen LogP contribution < -0.4 is 5.32 Å². The highest BCUT2D eigenvalue weighted by Crippen LogP contribution is 2.31. The maximum Gasteiger partial charge on any atom is 0.267 e. The van der Waals surface area contributed by atoms with Crippen LogP contribution in [0.2, 0.25) is 5.02 Å². The van der Waals surface area contributed by atoms with Crippen LogP contribution in [0.3, 0.4) is 0 Å². The molecule has 0 radical (unpaired) electrons. The molecule has 2 aromatic heterocycles. The van der Waals surface area contributed by atoms with Crippen molar-refractivity contribution in [2.24, 2.45) is 0 Å². The molecule has 0 spiro atoms. The third-order valence-corrected chi connectivity index (χ3v) is 7.33. The first-order valence-corrected chi connectivity index (χ1v) is 10.8. The van der Waals surface area contributed by atoms with E-state index in [1.54, 1.807) is 13.0 Å². The number of carbonyl (C=O) groups is 1. The molecule has 0 unspecified atom stereocenters. The van der Waals surface area contributed by atoms with E-state index >= 15 is 0 Å². The number of benzene rings is 1. The minimum absolute atomic E-state index is 0.119. The molecule has 3 aromatic rings. The van der Waals surface area contributed by atoms with E-state index in [9.17, 15) is 13.2 Å². The summed E-state index contributed by atoms with van der Waals surface area (Å²) in [7, 11) is -3.73. The van der Waals surface area contributed by atoms with Crippen molar-refractivity contribution >= 4 is 44.5 Å².